The van der Waals surface area contributed by atoms with E-state index in [9.17, 15) is 14.4 Å². The first kappa shape index (κ1) is 24.8. The summed E-state index contributed by atoms with van der Waals surface area (Å²) >= 11 is 0. The van der Waals surface area contributed by atoms with Crippen LogP contribution < -0.4 is 16.0 Å². The molecule has 2 aromatic rings. The van der Waals surface area contributed by atoms with Crippen LogP contribution in [0.3, 0.4) is 0 Å². The lowest BCUT2D eigenvalue weighted by molar-refractivity contribution is -0.143. The van der Waals surface area contributed by atoms with Gasteiger partial charge in [0.1, 0.15) is 0 Å². The van der Waals surface area contributed by atoms with Gasteiger partial charge in [0.05, 0.1) is 17.7 Å². The molecule has 1 aliphatic rings. The molecule has 1 atom stereocenters. The van der Waals surface area contributed by atoms with Crippen LogP contribution in [-0.2, 0) is 9.53 Å². The lowest BCUT2D eigenvalue weighted by Gasteiger charge is -2.35. The molecule has 0 fully saturated rings. The first-order chi connectivity index (χ1) is 16.2. The number of allylic oxidation sites excluding steroid dienone is 1. The fourth-order valence-electron chi connectivity index (χ4n) is 3.84. The van der Waals surface area contributed by atoms with Gasteiger partial charge in [-0.15, -0.1) is 0 Å². The van der Waals surface area contributed by atoms with E-state index in [-0.39, 0.29) is 18.2 Å². The van der Waals surface area contributed by atoms with Crippen LogP contribution in [0.15, 0.2) is 59.8 Å². The summed E-state index contributed by atoms with van der Waals surface area (Å²) in [6.45, 7) is 9.77. The zero-order valence-electron chi connectivity index (χ0n) is 20.3. The Hall–Kier alpha value is -3.81. The van der Waals surface area contributed by atoms with E-state index in [4.69, 9.17) is 4.74 Å². The Balaban J connectivity index is 1.81. The van der Waals surface area contributed by atoms with E-state index in [2.05, 4.69) is 16.0 Å². The Morgan fingerprint density at radius 1 is 1.06 bits per heavy atom. The first-order valence-electron chi connectivity index (χ1n) is 11.4. The molecule has 0 aliphatic carbocycles. The number of anilines is 2. The van der Waals surface area contributed by atoms with Crippen LogP contribution in [0.5, 0.6) is 0 Å². The van der Waals surface area contributed by atoms with E-state index in [1.54, 1.807) is 49.9 Å². The SMILES string of the molecule is CCCN1C(=O)NC(c2ccc(NC(=O)Nc3cccc(C)c3)cc2)C(C(=O)OC(C)C)=C1C. The average Bonchev–Trinajstić information content (AvgIpc) is 2.76. The van der Waals surface area contributed by atoms with Gasteiger partial charge < -0.3 is 20.7 Å². The summed E-state index contributed by atoms with van der Waals surface area (Å²) in [7, 11) is 0. The van der Waals surface area contributed by atoms with E-state index < -0.39 is 12.0 Å². The zero-order chi connectivity index (χ0) is 24.8. The fraction of sp³-hybridized carbons (Fsp3) is 0.346. The summed E-state index contributed by atoms with van der Waals surface area (Å²) in [4.78, 5) is 39.6. The highest BCUT2D eigenvalue weighted by Gasteiger charge is 2.36. The number of benzene rings is 2. The van der Waals surface area contributed by atoms with Gasteiger partial charge in [0, 0.05) is 23.6 Å². The van der Waals surface area contributed by atoms with Crippen molar-refractivity contribution in [2.75, 3.05) is 17.2 Å². The number of urea groups is 2. The van der Waals surface area contributed by atoms with Crippen molar-refractivity contribution in [2.24, 2.45) is 0 Å². The Morgan fingerprint density at radius 2 is 1.74 bits per heavy atom. The number of carbonyl (C=O) groups excluding carboxylic acids is 3. The number of carbonyl (C=O) groups is 3. The molecule has 3 N–H and O–H groups in total. The number of hydrogen-bond donors (Lipinski definition) is 3. The van der Waals surface area contributed by atoms with Gasteiger partial charge in [0.15, 0.2) is 0 Å². The number of ether oxygens (including phenoxy) is 1. The minimum absolute atomic E-state index is 0.259. The maximum atomic E-state index is 12.9. The third-order valence-electron chi connectivity index (χ3n) is 5.38. The molecule has 0 aromatic heterocycles. The maximum Gasteiger partial charge on any atom is 0.338 e. The topological polar surface area (TPSA) is 99.8 Å². The molecule has 0 saturated carbocycles. The highest BCUT2D eigenvalue weighted by atomic mass is 16.5. The predicted molar refractivity (Wildman–Crippen MR) is 132 cm³/mol. The molecule has 0 saturated heterocycles. The van der Waals surface area contributed by atoms with Crippen LogP contribution in [0.25, 0.3) is 0 Å². The van der Waals surface area contributed by atoms with Gasteiger partial charge >= 0.3 is 18.0 Å². The Labute approximate surface area is 200 Å². The molecule has 2 aromatic carbocycles. The van der Waals surface area contributed by atoms with Crippen LogP contribution in [-0.4, -0.2) is 35.6 Å². The largest absolute Gasteiger partial charge is 0.459 e. The van der Waals surface area contributed by atoms with Crippen molar-refractivity contribution in [1.29, 1.82) is 0 Å². The summed E-state index contributed by atoms with van der Waals surface area (Å²) in [6.07, 6.45) is 0.469. The summed E-state index contributed by atoms with van der Waals surface area (Å²) in [5.74, 6) is -0.460. The molecule has 3 rings (SSSR count). The van der Waals surface area contributed by atoms with Crippen molar-refractivity contribution in [1.82, 2.24) is 10.2 Å². The molecular formula is C26H32N4O4. The molecule has 0 spiro atoms. The third kappa shape index (κ3) is 5.95. The summed E-state index contributed by atoms with van der Waals surface area (Å²) in [5, 5.41) is 8.52. The minimum atomic E-state index is -0.651. The molecule has 8 nitrogen and oxygen atoms in total. The van der Waals surface area contributed by atoms with Crippen molar-refractivity contribution in [3.05, 3.63) is 70.9 Å². The van der Waals surface area contributed by atoms with Crippen LogP contribution in [0.1, 0.15) is 51.3 Å². The lowest BCUT2D eigenvalue weighted by Crippen LogP contribution is -2.48. The van der Waals surface area contributed by atoms with E-state index in [1.807, 2.05) is 38.1 Å². The molecule has 1 unspecified atom stereocenters. The van der Waals surface area contributed by atoms with Gasteiger partial charge in [-0.25, -0.2) is 14.4 Å². The first-order valence-corrected chi connectivity index (χ1v) is 11.4. The normalized spacial score (nSPS) is 15.8. The molecule has 34 heavy (non-hydrogen) atoms. The van der Waals surface area contributed by atoms with Gasteiger partial charge in [0.2, 0.25) is 0 Å². The van der Waals surface area contributed by atoms with E-state index in [1.165, 1.54) is 0 Å². The number of hydrogen-bond acceptors (Lipinski definition) is 4. The van der Waals surface area contributed by atoms with Gasteiger partial charge in [-0.1, -0.05) is 31.2 Å². The Morgan fingerprint density at radius 3 is 2.35 bits per heavy atom. The quantitative estimate of drug-likeness (QED) is 0.482. The molecule has 4 amide bonds. The molecule has 1 heterocycles. The van der Waals surface area contributed by atoms with E-state index in [0.29, 0.717) is 34.8 Å². The second-order valence-corrected chi connectivity index (χ2v) is 8.56. The number of rotatable bonds is 7. The molecule has 180 valence electrons. The van der Waals surface area contributed by atoms with Crippen molar-refractivity contribution in [3.8, 4) is 0 Å². The zero-order valence-corrected chi connectivity index (χ0v) is 20.3. The Bertz CT molecular complexity index is 1090. The van der Waals surface area contributed by atoms with Crippen molar-refractivity contribution in [2.45, 2.75) is 53.2 Å². The standard InChI is InChI=1S/C26H32N4O4/c1-6-14-30-18(5)22(24(31)34-16(2)3)23(29-26(30)33)19-10-12-20(13-11-19)27-25(32)28-21-9-7-8-17(4)15-21/h7-13,15-16,23H,6,14H2,1-5H3,(H,29,33)(H2,27,28,32). The van der Waals surface area contributed by atoms with Crippen LogP contribution in [0.4, 0.5) is 21.0 Å². The number of nitrogens with zero attached hydrogens (tertiary/aromatic N) is 1. The van der Waals surface area contributed by atoms with Crippen molar-refractivity contribution < 1.29 is 19.1 Å². The maximum absolute atomic E-state index is 12.9. The molecule has 0 bridgehead atoms. The fourth-order valence-corrected chi connectivity index (χ4v) is 3.84. The number of aryl methyl sites for hydroxylation is 1. The second-order valence-electron chi connectivity index (χ2n) is 8.56. The smallest absolute Gasteiger partial charge is 0.338 e. The lowest BCUT2D eigenvalue weighted by atomic mass is 9.94. The van der Waals surface area contributed by atoms with E-state index in [0.717, 1.165) is 12.0 Å². The van der Waals surface area contributed by atoms with Crippen molar-refractivity contribution >= 4 is 29.4 Å². The number of nitrogens with one attached hydrogen (secondary N) is 3. The molecule has 1 aliphatic heterocycles. The highest BCUT2D eigenvalue weighted by Crippen LogP contribution is 2.32. The molecule has 8 heteroatoms. The summed E-state index contributed by atoms with van der Waals surface area (Å²) < 4.78 is 5.47. The van der Waals surface area contributed by atoms with Crippen LogP contribution >= 0.6 is 0 Å². The minimum Gasteiger partial charge on any atom is -0.459 e. The van der Waals surface area contributed by atoms with Crippen LogP contribution in [0, 0.1) is 6.92 Å². The van der Waals surface area contributed by atoms with Gasteiger partial charge in [-0.2, -0.15) is 0 Å². The second kappa shape index (κ2) is 10.9. The summed E-state index contributed by atoms with van der Waals surface area (Å²) in [6, 6.07) is 13.3. The Kier molecular flexibility index (Phi) is 7.94. The van der Waals surface area contributed by atoms with Gasteiger partial charge in [0.25, 0.3) is 0 Å². The van der Waals surface area contributed by atoms with E-state index >= 15 is 0 Å². The predicted octanol–water partition coefficient (Wildman–Crippen LogP) is 5.34. The molecular weight excluding hydrogens is 432 g/mol. The monoisotopic (exact) mass is 464 g/mol. The highest BCUT2D eigenvalue weighted by molar-refractivity contribution is 6.00. The van der Waals surface area contributed by atoms with Gasteiger partial charge in [-0.3, -0.25) is 4.90 Å². The summed E-state index contributed by atoms with van der Waals surface area (Å²) in [5.41, 5.74) is 4.02. The third-order valence-corrected chi connectivity index (χ3v) is 5.38. The van der Waals surface area contributed by atoms with Crippen LogP contribution in [0.2, 0.25) is 0 Å². The number of esters is 1. The average molecular weight is 465 g/mol. The molecule has 0 radical (unpaired) electrons. The van der Waals surface area contributed by atoms with Crippen molar-refractivity contribution in [3.63, 3.8) is 0 Å². The van der Waals surface area contributed by atoms with Gasteiger partial charge in [-0.05, 0) is 69.5 Å². The number of amides is 4.